The highest BCUT2D eigenvalue weighted by atomic mass is 16.5. The molecule has 6 nitrogen and oxygen atoms in total. The van der Waals surface area contributed by atoms with Gasteiger partial charge in [-0.1, -0.05) is 13.8 Å². The lowest BCUT2D eigenvalue weighted by atomic mass is 9.82. The molecule has 96 valence electrons. The fourth-order valence-electron chi connectivity index (χ4n) is 1.65. The van der Waals surface area contributed by atoms with Crippen molar-refractivity contribution in [1.29, 1.82) is 0 Å². The third kappa shape index (κ3) is 2.63. The van der Waals surface area contributed by atoms with Crippen molar-refractivity contribution in [3.05, 3.63) is 11.7 Å². The van der Waals surface area contributed by atoms with Crippen molar-refractivity contribution in [2.45, 2.75) is 39.0 Å². The predicted molar refractivity (Wildman–Crippen MR) is 61.6 cm³/mol. The van der Waals surface area contributed by atoms with Gasteiger partial charge in [-0.05, 0) is 24.9 Å². The Labute approximate surface area is 101 Å². The Morgan fingerprint density at radius 2 is 2.06 bits per heavy atom. The molecular formula is C11H19N3O3. The average Bonchev–Trinajstić information content (AvgIpc) is 2.83. The predicted octanol–water partition coefficient (Wildman–Crippen LogP) is 1.26. The van der Waals surface area contributed by atoms with Crippen molar-refractivity contribution in [3.63, 3.8) is 0 Å². The van der Waals surface area contributed by atoms with Gasteiger partial charge in [-0.2, -0.15) is 4.98 Å². The molecule has 0 atom stereocenters. The molecule has 0 unspecified atom stereocenters. The molecule has 0 bridgehead atoms. The van der Waals surface area contributed by atoms with Gasteiger partial charge in [0.15, 0.2) is 0 Å². The molecule has 0 aliphatic rings. The van der Waals surface area contributed by atoms with Gasteiger partial charge >= 0.3 is 5.97 Å². The van der Waals surface area contributed by atoms with Gasteiger partial charge in [0.05, 0.1) is 12.0 Å². The normalized spacial score (nSPS) is 11.5. The van der Waals surface area contributed by atoms with Gasteiger partial charge in [0.25, 0.3) is 5.82 Å². The van der Waals surface area contributed by atoms with Crippen LogP contribution in [-0.2, 0) is 10.2 Å². The molecule has 1 aromatic rings. The van der Waals surface area contributed by atoms with Crippen LogP contribution in [0.15, 0.2) is 4.52 Å². The molecule has 0 spiro atoms. The van der Waals surface area contributed by atoms with Crippen LogP contribution in [0.1, 0.15) is 50.1 Å². The standard InChI is InChI=1S/C11H19N3O3/c1-4-11(5-2,7-12)10-13-8(14-17-10)9(15)16-6-3/h4-7,12H2,1-3H3. The Morgan fingerprint density at radius 3 is 2.53 bits per heavy atom. The van der Waals surface area contributed by atoms with Crippen LogP contribution in [0.2, 0.25) is 0 Å². The third-order valence-electron chi connectivity index (χ3n) is 3.08. The number of carbonyl (C=O) groups is 1. The number of aromatic nitrogens is 2. The first-order chi connectivity index (χ1) is 8.13. The molecule has 0 saturated carbocycles. The van der Waals surface area contributed by atoms with Gasteiger partial charge < -0.3 is 15.0 Å². The van der Waals surface area contributed by atoms with Crippen LogP contribution in [0, 0.1) is 0 Å². The van der Waals surface area contributed by atoms with Crippen molar-refractivity contribution >= 4 is 5.97 Å². The van der Waals surface area contributed by atoms with E-state index in [4.69, 9.17) is 15.0 Å². The lowest BCUT2D eigenvalue weighted by Crippen LogP contribution is -2.34. The summed E-state index contributed by atoms with van der Waals surface area (Å²) in [5.74, 6) is -0.199. The van der Waals surface area contributed by atoms with E-state index in [1.807, 2.05) is 13.8 Å². The average molecular weight is 241 g/mol. The quantitative estimate of drug-likeness (QED) is 0.754. The van der Waals surface area contributed by atoms with Crippen LogP contribution in [0.4, 0.5) is 0 Å². The molecule has 0 radical (unpaired) electrons. The molecule has 1 heterocycles. The van der Waals surface area contributed by atoms with E-state index < -0.39 is 5.97 Å². The first kappa shape index (κ1) is 13.6. The highest BCUT2D eigenvalue weighted by Crippen LogP contribution is 2.29. The SMILES string of the molecule is CCOC(=O)c1noc(C(CC)(CC)CN)n1. The highest BCUT2D eigenvalue weighted by molar-refractivity contribution is 5.84. The summed E-state index contributed by atoms with van der Waals surface area (Å²) < 4.78 is 9.93. The molecule has 0 aromatic carbocycles. The van der Waals surface area contributed by atoms with Gasteiger partial charge in [0.1, 0.15) is 0 Å². The molecule has 0 amide bonds. The summed E-state index contributed by atoms with van der Waals surface area (Å²) in [5, 5.41) is 3.63. The summed E-state index contributed by atoms with van der Waals surface area (Å²) in [7, 11) is 0. The summed E-state index contributed by atoms with van der Waals surface area (Å²) in [6, 6.07) is 0. The summed E-state index contributed by atoms with van der Waals surface area (Å²) >= 11 is 0. The second kappa shape index (κ2) is 5.77. The topological polar surface area (TPSA) is 91.2 Å². The molecule has 1 aromatic heterocycles. The number of rotatable bonds is 6. The number of esters is 1. The van der Waals surface area contributed by atoms with E-state index in [9.17, 15) is 4.79 Å². The van der Waals surface area contributed by atoms with Crippen molar-refractivity contribution in [2.24, 2.45) is 5.73 Å². The van der Waals surface area contributed by atoms with Gasteiger partial charge in [-0.3, -0.25) is 0 Å². The van der Waals surface area contributed by atoms with Crippen molar-refractivity contribution in [2.75, 3.05) is 13.2 Å². The minimum Gasteiger partial charge on any atom is -0.460 e. The molecule has 0 aliphatic carbocycles. The second-order valence-electron chi connectivity index (χ2n) is 3.84. The first-order valence-electron chi connectivity index (χ1n) is 5.84. The summed E-state index contributed by atoms with van der Waals surface area (Å²) in [6.07, 6.45) is 1.56. The molecule has 6 heteroatoms. The van der Waals surface area contributed by atoms with Gasteiger partial charge in [-0.15, -0.1) is 0 Å². The third-order valence-corrected chi connectivity index (χ3v) is 3.08. The van der Waals surface area contributed by atoms with E-state index in [1.165, 1.54) is 0 Å². The lowest BCUT2D eigenvalue weighted by Gasteiger charge is -2.24. The fourth-order valence-corrected chi connectivity index (χ4v) is 1.65. The summed E-state index contributed by atoms with van der Waals surface area (Å²) in [6.45, 7) is 6.42. The largest absolute Gasteiger partial charge is 0.460 e. The van der Waals surface area contributed by atoms with Gasteiger partial charge in [-0.25, -0.2) is 4.79 Å². The van der Waals surface area contributed by atoms with E-state index in [-0.39, 0.29) is 17.8 Å². The van der Waals surface area contributed by atoms with Crippen LogP contribution in [-0.4, -0.2) is 29.3 Å². The maximum absolute atomic E-state index is 11.4. The number of hydrogen-bond acceptors (Lipinski definition) is 6. The number of nitrogens with two attached hydrogens (primary N) is 1. The van der Waals surface area contributed by atoms with Gasteiger partial charge in [0.2, 0.25) is 5.89 Å². The Bertz CT molecular complexity index is 364. The number of ether oxygens (including phenoxy) is 1. The minimum atomic E-state index is -0.569. The van der Waals surface area contributed by atoms with Gasteiger partial charge in [0, 0.05) is 6.54 Å². The Morgan fingerprint density at radius 1 is 1.41 bits per heavy atom. The Kier molecular flexibility index (Phi) is 4.62. The summed E-state index contributed by atoms with van der Waals surface area (Å²) in [4.78, 5) is 15.5. The molecule has 2 N–H and O–H groups in total. The Balaban J connectivity index is 2.96. The smallest absolute Gasteiger partial charge is 0.379 e. The Hall–Kier alpha value is -1.43. The van der Waals surface area contributed by atoms with Crippen LogP contribution < -0.4 is 5.73 Å². The molecule has 0 saturated heterocycles. The maximum atomic E-state index is 11.4. The second-order valence-corrected chi connectivity index (χ2v) is 3.84. The molecule has 1 rings (SSSR count). The van der Waals surface area contributed by atoms with Crippen LogP contribution >= 0.6 is 0 Å². The molecule has 0 fully saturated rings. The lowest BCUT2D eigenvalue weighted by molar-refractivity contribution is 0.0508. The number of carbonyl (C=O) groups excluding carboxylic acids is 1. The van der Waals surface area contributed by atoms with Crippen molar-refractivity contribution in [1.82, 2.24) is 10.1 Å². The van der Waals surface area contributed by atoms with E-state index in [1.54, 1.807) is 6.92 Å². The van der Waals surface area contributed by atoms with Crippen molar-refractivity contribution in [3.8, 4) is 0 Å². The molecule has 17 heavy (non-hydrogen) atoms. The van der Waals surface area contributed by atoms with E-state index in [0.29, 0.717) is 12.4 Å². The fraction of sp³-hybridized carbons (Fsp3) is 0.727. The van der Waals surface area contributed by atoms with Crippen molar-refractivity contribution < 1.29 is 14.1 Å². The first-order valence-corrected chi connectivity index (χ1v) is 5.84. The van der Waals surface area contributed by atoms with Crippen LogP contribution in [0.5, 0.6) is 0 Å². The molecule has 0 aliphatic heterocycles. The summed E-state index contributed by atoms with van der Waals surface area (Å²) in [5.41, 5.74) is 5.41. The van der Waals surface area contributed by atoms with E-state index in [0.717, 1.165) is 12.8 Å². The monoisotopic (exact) mass is 241 g/mol. The van der Waals surface area contributed by atoms with E-state index in [2.05, 4.69) is 10.1 Å². The zero-order valence-electron chi connectivity index (χ0n) is 10.5. The van der Waals surface area contributed by atoms with Crippen LogP contribution in [0.25, 0.3) is 0 Å². The number of hydrogen-bond donors (Lipinski definition) is 1. The zero-order chi connectivity index (χ0) is 12.9. The number of nitrogens with zero attached hydrogens (tertiary/aromatic N) is 2. The zero-order valence-corrected chi connectivity index (χ0v) is 10.5. The molecular weight excluding hydrogens is 222 g/mol. The van der Waals surface area contributed by atoms with Crippen LogP contribution in [0.3, 0.4) is 0 Å². The highest BCUT2D eigenvalue weighted by Gasteiger charge is 2.34. The minimum absolute atomic E-state index is 0.0402. The van der Waals surface area contributed by atoms with E-state index >= 15 is 0 Å². The maximum Gasteiger partial charge on any atom is 0.379 e.